The van der Waals surface area contributed by atoms with Crippen LogP contribution in [-0.2, 0) is 28.6 Å². The number of rotatable bonds is 36. The molecule has 0 aliphatic carbocycles. The Hall–Kier alpha value is -3.23. The van der Waals surface area contributed by atoms with Crippen molar-refractivity contribution in [3.05, 3.63) is 72.9 Å². The van der Waals surface area contributed by atoms with Gasteiger partial charge in [-0.25, -0.2) is 4.79 Å². The van der Waals surface area contributed by atoms with Gasteiger partial charge in [0.15, 0.2) is 12.1 Å². The Morgan fingerprint density at radius 2 is 1.04 bits per heavy atom. The van der Waals surface area contributed by atoms with Gasteiger partial charge in [-0.15, -0.1) is 0 Å². The van der Waals surface area contributed by atoms with Gasteiger partial charge < -0.3 is 23.8 Å². The summed E-state index contributed by atoms with van der Waals surface area (Å²) in [4.78, 5) is 36.9. The molecule has 0 rings (SSSR count). The molecule has 0 aromatic rings. The molecule has 0 heterocycles. The molecule has 0 fully saturated rings. The van der Waals surface area contributed by atoms with Crippen LogP contribution < -0.4 is 0 Å². The number of carbonyl (C=O) groups is 3. The summed E-state index contributed by atoms with van der Waals surface area (Å²) in [6.45, 7) is 4.51. The predicted octanol–water partition coefficient (Wildman–Crippen LogP) is 11.2. The molecule has 0 aromatic heterocycles. The predicted molar refractivity (Wildman–Crippen MR) is 224 cm³/mol. The van der Waals surface area contributed by atoms with Crippen molar-refractivity contribution >= 4 is 17.9 Å². The van der Waals surface area contributed by atoms with E-state index in [-0.39, 0.29) is 36.2 Å². The maximum atomic E-state index is 12.7. The number of ether oxygens (including phenoxy) is 3. The fraction of sp³-hybridized carbons (Fsp3) is 0.674. The van der Waals surface area contributed by atoms with E-state index in [1.807, 2.05) is 21.1 Å². The van der Waals surface area contributed by atoms with Gasteiger partial charge in [0.25, 0.3) is 0 Å². The van der Waals surface area contributed by atoms with E-state index in [0.29, 0.717) is 19.3 Å². The second-order valence-electron chi connectivity index (χ2n) is 14.9. The van der Waals surface area contributed by atoms with Gasteiger partial charge in [-0.05, 0) is 77.0 Å². The first-order valence-electron chi connectivity index (χ1n) is 21.0. The van der Waals surface area contributed by atoms with Gasteiger partial charge in [0.05, 0.1) is 34.4 Å². The first-order valence-corrected chi connectivity index (χ1v) is 21.0. The maximum absolute atomic E-state index is 12.7. The summed E-state index contributed by atoms with van der Waals surface area (Å²) in [7, 11) is 5.50. The Balaban J connectivity index is 4.42. The summed E-state index contributed by atoms with van der Waals surface area (Å²) in [5.41, 5.74) is 0. The minimum absolute atomic E-state index is 0.0432. The summed E-state index contributed by atoms with van der Waals surface area (Å²) in [6.07, 6.45) is 45.2. The van der Waals surface area contributed by atoms with Crippen molar-refractivity contribution in [2.75, 3.05) is 41.0 Å². The summed E-state index contributed by atoms with van der Waals surface area (Å²) in [5, 5.41) is 9.60. The molecule has 0 aliphatic rings. The van der Waals surface area contributed by atoms with E-state index in [1.165, 1.54) is 19.3 Å². The Kier molecular flexibility index (Phi) is 34.5. The fourth-order valence-corrected chi connectivity index (χ4v) is 5.57. The molecule has 1 N–H and O–H groups in total. The SMILES string of the molecule is CC/C=C/C/C=C/C/C=C/C/C=C/C/C=C/CCCCCC(=O)OCC(COCCC(C(=O)O)[N+](C)(C)C)OC(=O)CCCCCCC/C=C/CCCC. The first kappa shape index (κ1) is 50.8. The minimum atomic E-state index is -0.885. The lowest BCUT2D eigenvalue weighted by Gasteiger charge is -2.31. The van der Waals surface area contributed by atoms with E-state index in [2.05, 4.69) is 86.8 Å². The average molecular weight is 757 g/mol. The van der Waals surface area contributed by atoms with Crippen molar-refractivity contribution in [2.24, 2.45) is 0 Å². The smallest absolute Gasteiger partial charge is 0.362 e. The Labute approximate surface area is 330 Å². The van der Waals surface area contributed by atoms with Crippen molar-refractivity contribution in [3.63, 3.8) is 0 Å². The highest BCUT2D eigenvalue weighted by atomic mass is 16.6. The normalized spacial score (nSPS) is 13.7. The lowest BCUT2D eigenvalue weighted by Crippen LogP contribution is -2.50. The van der Waals surface area contributed by atoms with Gasteiger partial charge in [0.1, 0.15) is 6.61 Å². The zero-order valence-corrected chi connectivity index (χ0v) is 34.9. The second-order valence-corrected chi connectivity index (χ2v) is 14.9. The highest BCUT2D eigenvalue weighted by Gasteiger charge is 2.31. The summed E-state index contributed by atoms with van der Waals surface area (Å²) < 4.78 is 17.2. The fourth-order valence-electron chi connectivity index (χ4n) is 5.57. The number of aliphatic carboxylic acids is 1. The molecule has 0 aromatic carbocycles. The molecule has 0 bridgehead atoms. The van der Waals surface area contributed by atoms with Crippen molar-refractivity contribution in [1.82, 2.24) is 0 Å². The third kappa shape index (κ3) is 34.5. The molecule has 0 aliphatic heterocycles. The zero-order chi connectivity index (χ0) is 40.0. The molecule has 0 spiro atoms. The summed E-state index contributed by atoms with van der Waals surface area (Å²) in [6, 6.07) is -0.623. The van der Waals surface area contributed by atoms with E-state index in [0.717, 1.165) is 96.3 Å². The summed E-state index contributed by atoms with van der Waals surface area (Å²) >= 11 is 0. The standard InChI is InChI=1S/C46H77NO7/c1-6-8-10-12-14-16-18-19-20-21-22-23-24-25-27-28-30-32-34-36-44(48)53-41-42(40-52-39-38-43(46(50)51)47(3,4)5)54-45(49)37-35-33-31-29-26-17-15-13-11-9-7-2/h8,10,13-16,19-20,22-23,25,27,42-43H,6-7,9,11-12,17-18,21,24,26,28-41H2,1-5H3/p+1/b10-8+,15-13+,16-14+,20-19+,23-22+,27-25+. The number of hydrogen-bond donors (Lipinski definition) is 1. The number of carboxylic acid groups (broad SMARTS) is 1. The molecule has 54 heavy (non-hydrogen) atoms. The van der Waals surface area contributed by atoms with Crippen LogP contribution >= 0.6 is 0 Å². The van der Waals surface area contributed by atoms with Crippen LogP contribution in [0, 0.1) is 0 Å². The van der Waals surface area contributed by atoms with E-state index in [1.54, 1.807) is 0 Å². The molecule has 0 amide bonds. The Morgan fingerprint density at radius 3 is 1.57 bits per heavy atom. The van der Waals surface area contributed by atoms with Crippen LogP contribution in [0.25, 0.3) is 0 Å². The van der Waals surface area contributed by atoms with Crippen LogP contribution in [0.1, 0.15) is 149 Å². The third-order valence-corrected chi connectivity index (χ3v) is 8.84. The molecular formula is C46H78NO7+. The number of carbonyl (C=O) groups excluding carboxylic acids is 2. The number of hydrogen-bond acceptors (Lipinski definition) is 6. The molecule has 0 radical (unpaired) electrons. The van der Waals surface area contributed by atoms with Crippen LogP contribution in [-0.4, -0.2) is 80.6 Å². The van der Waals surface area contributed by atoms with Crippen molar-refractivity contribution in [3.8, 4) is 0 Å². The van der Waals surface area contributed by atoms with E-state index < -0.39 is 18.1 Å². The number of nitrogens with zero attached hydrogens (tertiary/aromatic N) is 1. The number of likely N-dealkylation sites (N-methyl/N-ethyl adjacent to an activating group) is 1. The van der Waals surface area contributed by atoms with Crippen molar-refractivity contribution < 1.29 is 38.2 Å². The number of esters is 2. The van der Waals surface area contributed by atoms with Crippen LogP contribution in [0.2, 0.25) is 0 Å². The first-order chi connectivity index (χ1) is 26.1. The topological polar surface area (TPSA) is 99.1 Å². The molecule has 2 unspecified atom stereocenters. The van der Waals surface area contributed by atoms with Gasteiger partial charge in [0.2, 0.25) is 0 Å². The van der Waals surface area contributed by atoms with Gasteiger partial charge in [-0.1, -0.05) is 125 Å². The number of unbranched alkanes of at least 4 members (excludes halogenated alkanes) is 10. The van der Waals surface area contributed by atoms with Crippen LogP contribution in [0.5, 0.6) is 0 Å². The molecule has 8 nitrogen and oxygen atoms in total. The highest BCUT2D eigenvalue weighted by molar-refractivity contribution is 5.72. The largest absolute Gasteiger partial charge is 0.477 e. The summed E-state index contributed by atoms with van der Waals surface area (Å²) in [5.74, 6) is -1.53. The second kappa shape index (κ2) is 36.7. The average Bonchev–Trinajstić information content (AvgIpc) is 3.12. The van der Waals surface area contributed by atoms with E-state index in [9.17, 15) is 19.5 Å². The van der Waals surface area contributed by atoms with Crippen LogP contribution in [0.4, 0.5) is 0 Å². The molecular weight excluding hydrogens is 679 g/mol. The third-order valence-electron chi connectivity index (χ3n) is 8.84. The molecule has 8 heteroatoms. The van der Waals surface area contributed by atoms with Gasteiger partial charge in [-0.3, -0.25) is 9.59 Å². The molecule has 0 saturated heterocycles. The van der Waals surface area contributed by atoms with Gasteiger partial charge in [0, 0.05) is 19.3 Å². The quantitative estimate of drug-likeness (QED) is 0.0294. The number of carboxylic acids is 1. The minimum Gasteiger partial charge on any atom is -0.477 e. The lowest BCUT2D eigenvalue weighted by molar-refractivity contribution is -0.887. The number of allylic oxidation sites excluding steroid dienone is 12. The van der Waals surface area contributed by atoms with Gasteiger partial charge in [-0.2, -0.15) is 0 Å². The Morgan fingerprint density at radius 1 is 0.574 bits per heavy atom. The highest BCUT2D eigenvalue weighted by Crippen LogP contribution is 2.12. The molecule has 0 saturated carbocycles. The number of quaternary nitrogens is 1. The van der Waals surface area contributed by atoms with E-state index in [4.69, 9.17) is 14.2 Å². The van der Waals surface area contributed by atoms with Crippen molar-refractivity contribution in [1.29, 1.82) is 0 Å². The monoisotopic (exact) mass is 757 g/mol. The van der Waals surface area contributed by atoms with Gasteiger partial charge >= 0.3 is 17.9 Å². The van der Waals surface area contributed by atoms with Crippen LogP contribution in [0.3, 0.4) is 0 Å². The molecule has 2 atom stereocenters. The zero-order valence-electron chi connectivity index (χ0n) is 34.9. The van der Waals surface area contributed by atoms with Crippen molar-refractivity contribution in [2.45, 2.75) is 161 Å². The maximum Gasteiger partial charge on any atom is 0.362 e. The van der Waals surface area contributed by atoms with Crippen LogP contribution in [0.15, 0.2) is 72.9 Å². The lowest BCUT2D eigenvalue weighted by atomic mass is 10.1. The van der Waals surface area contributed by atoms with E-state index >= 15 is 0 Å². The Bertz CT molecular complexity index is 1110. The molecule has 308 valence electrons.